The molecule has 2 heterocycles. The van der Waals surface area contributed by atoms with E-state index in [1.807, 2.05) is 30.3 Å². The van der Waals surface area contributed by atoms with Gasteiger partial charge in [-0.2, -0.15) is 0 Å². The number of nitrogens with zero attached hydrogens (tertiary/aromatic N) is 2. The van der Waals surface area contributed by atoms with Crippen molar-refractivity contribution in [1.29, 1.82) is 0 Å². The minimum atomic E-state index is -3.33. The van der Waals surface area contributed by atoms with Crippen molar-refractivity contribution in [2.24, 2.45) is 0 Å². The largest absolute Gasteiger partial charge is 0.309 e. The monoisotopic (exact) mass is 1020 g/mol. The highest BCUT2D eigenvalue weighted by molar-refractivity contribution is 7.85. The zero-order chi connectivity index (χ0) is 51.3. The Morgan fingerprint density at radius 1 is 0.247 bits per heavy atom. The van der Waals surface area contributed by atoms with Crippen LogP contribution in [0.3, 0.4) is 0 Å². The number of rotatable bonds is 11. The lowest BCUT2D eigenvalue weighted by Gasteiger charge is -2.34. The minimum absolute atomic E-state index is 0.802. The summed E-state index contributed by atoms with van der Waals surface area (Å²) in [5, 5.41) is 12.5. The number of benzene rings is 12. The molecular weight excluding hydrogens is 968 g/mol. The van der Waals surface area contributed by atoms with Gasteiger partial charge in [-0.3, -0.25) is 0 Å². The van der Waals surface area contributed by atoms with Gasteiger partial charge in [0.25, 0.3) is 0 Å². The van der Waals surface area contributed by atoms with E-state index >= 15 is 4.57 Å². The van der Waals surface area contributed by atoms with E-state index in [4.69, 9.17) is 0 Å². The standard InChI is InChI=1S/C72H51N2OPSi/c75-76(58-25-5-1-6-26-58,60-44-46-64(47-45-60)77(61-27-7-2-8-28-61,62-29-9-3-10-30-62)63-31-11-4-12-32-63)59-42-39-52(40-43-59)55-41-48-72-68(51-55)67-35-15-18-38-71(67)74(72)57-24-20-22-54(50-57)53-21-19-23-56(49-53)73-69-36-16-13-33-65(69)66-34-14-17-37-70(66)73/h1-51H. The van der Waals surface area contributed by atoms with E-state index in [9.17, 15) is 0 Å². The van der Waals surface area contributed by atoms with Crippen LogP contribution in [-0.2, 0) is 4.57 Å². The maximum Gasteiger partial charge on any atom is 0.179 e. The first-order valence-corrected chi connectivity index (χ1v) is 30.1. The molecule has 0 saturated carbocycles. The van der Waals surface area contributed by atoms with Crippen molar-refractivity contribution in [2.75, 3.05) is 0 Å². The summed E-state index contributed by atoms with van der Waals surface area (Å²) in [5.74, 6) is 0. The highest BCUT2D eigenvalue weighted by Gasteiger charge is 2.42. The molecule has 0 aliphatic carbocycles. The van der Waals surface area contributed by atoms with Crippen LogP contribution in [0.25, 0.3) is 77.2 Å². The number of aromatic nitrogens is 2. The summed E-state index contributed by atoms with van der Waals surface area (Å²) in [6, 6.07) is 111. The Morgan fingerprint density at radius 3 is 1.05 bits per heavy atom. The lowest BCUT2D eigenvalue weighted by molar-refractivity contribution is 0.592. The van der Waals surface area contributed by atoms with E-state index in [-0.39, 0.29) is 0 Å². The van der Waals surface area contributed by atoms with Crippen molar-refractivity contribution in [3.05, 3.63) is 309 Å². The molecular formula is C72H51N2OPSi. The molecule has 0 aliphatic heterocycles. The predicted octanol–water partition coefficient (Wildman–Crippen LogP) is 14.2. The van der Waals surface area contributed by atoms with Crippen molar-refractivity contribution in [3.63, 3.8) is 0 Å². The van der Waals surface area contributed by atoms with Gasteiger partial charge in [-0.25, -0.2) is 0 Å². The van der Waals surface area contributed by atoms with Crippen LogP contribution in [0.5, 0.6) is 0 Å². The number of hydrogen-bond acceptors (Lipinski definition) is 1. The van der Waals surface area contributed by atoms with Crippen LogP contribution in [0.4, 0.5) is 0 Å². The van der Waals surface area contributed by atoms with Gasteiger partial charge in [0.15, 0.2) is 15.2 Å². The molecule has 0 bridgehead atoms. The molecule has 77 heavy (non-hydrogen) atoms. The molecule has 0 saturated heterocycles. The average Bonchev–Trinajstić information content (AvgIpc) is 4.06. The fraction of sp³-hybridized carbons (Fsp3) is 0. The second kappa shape index (κ2) is 19.1. The second-order valence-electron chi connectivity index (χ2n) is 19.9. The summed E-state index contributed by atoms with van der Waals surface area (Å²) in [7, 11) is -6.10. The van der Waals surface area contributed by atoms with Gasteiger partial charge in [-0.15, -0.1) is 0 Å². The third-order valence-electron chi connectivity index (χ3n) is 15.8. The van der Waals surface area contributed by atoms with Gasteiger partial charge in [0.1, 0.15) is 0 Å². The Kier molecular flexibility index (Phi) is 11.5. The Hall–Kier alpha value is -9.31. The van der Waals surface area contributed by atoms with Crippen LogP contribution in [0.15, 0.2) is 309 Å². The highest BCUT2D eigenvalue weighted by Crippen LogP contribution is 2.43. The molecule has 0 N–H and O–H groups in total. The minimum Gasteiger partial charge on any atom is -0.309 e. The Labute approximate surface area is 449 Å². The maximum atomic E-state index is 16.2. The quantitative estimate of drug-likeness (QED) is 0.0720. The fourth-order valence-electron chi connectivity index (χ4n) is 12.2. The van der Waals surface area contributed by atoms with Gasteiger partial charge in [-0.05, 0) is 97.6 Å². The zero-order valence-corrected chi connectivity index (χ0v) is 44.1. The topological polar surface area (TPSA) is 26.9 Å². The first kappa shape index (κ1) is 46.2. The third kappa shape index (κ3) is 7.67. The first-order chi connectivity index (χ1) is 38.1. The molecule has 0 amide bonds. The van der Waals surface area contributed by atoms with Crippen molar-refractivity contribution in [2.45, 2.75) is 0 Å². The SMILES string of the molecule is O=P(c1ccccc1)(c1ccc(-c2ccc3c(c2)c2ccccc2n3-c2cccc(-c3cccc(-n4c5ccccc5c5ccccc54)c3)c2)cc1)c1ccc([Si](c2ccccc2)(c2ccccc2)c2ccccc2)cc1. The molecule has 0 fully saturated rings. The molecule has 12 aromatic carbocycles. The number of hydrogen-bond donors (Lipinski definition) is 0. The molecule has 364 valence electrons. The molecule has 0 aliphatic rings. The van der Waals surface area contributed by atoms with E-state index in [2.05, 4.69) is 288 Å². The molecule has 14 rings (SSSR count). The molecule has 5 heteroatoms. The molecule has 2 aromatic heterocycles. The summed E-state index contributed by atoms with van der Waals surface area (Å²) in [5.41, 5.74) is 11.4. The lowest BCUT2D eigenvalue weighted by atomic mass is 10.0. The van der Waals surface area contributed by atoms with Gasteiger partial charge in [-0.1, -0.05) is 255 Å². The van der Waals surface area contributed by atoms with Crippen LogP contribution < -0.4 is 36.7 Å². The van der Waals surface area contributed by atoms with E-state index in [0.29, 0.717) is 0 Å². The Balaban J connectivity index is 0.825. The van der Waals surface area contributed by atoms with Crippen LogP contribution in [-0.4, -0.2) is 17.2 Å². The van der Waals surface area contributed by atoms with Crippen molar-refractivity contribution in [1.82, 2.24) is 9.13 Å². The van der Waals surface area contributed by atoms with Gasteiger partial charge in [0.2, 0.25) is 0 Å². The van der Waals surface area contributed by atoms with E-state index in [1.165, 1.54) is 53.3 Å². The van der Waals surface area contributed by atoms with Crippen molar-refractivity contribution in [3.8, 4) is 33.6 Å². The van der Waals surface area contributed by atoms with Crippen LogP contribution in [0, 0.1) is 0 Å². The summed E-state index contributed by atoms with van der Waals surface area (Å²) in [6.45, 7) is 0. The fourth-order valence-corrected chi connectivity index (χ4v) is 19.6. The van der Waals surface area contributed by atoms with Crippen molar-refractivity contribution >= 4 is 95.5 Å². The molecule has 0 radical (unpaired) electrons. The lowest BCUT2D eigenvalue weighted by Crippen LogP contribution is -2.74. The first-order valence-electron chi connectivity index (χ1n) is 26.3. The Bertz CT molecular complexity index is 4360. The zero-order valence-electron chi connectivity index (χ0n) is 42.2. The predicted molar refractivity (Wildman–Crippen MR) is 329 cm³/mol. The summed E-state index contributed by atoms with van der Waals surface area (Å²) in [4.78, 5) is 0. The average molecular weight is 1020 g/mol. The summed E-state index contributed by atoms with van der Waals surface area (Å²) in [6.07, 6.45) is 0. The molecule has 3 nitrogen and oxygen atoms in total. The van der Waals surface area contributed by atoms with Crippen LogP contribution in [0.1, 0.15) is 0 Å². The Morgan fingerprint density at radius 2 is 0.584 bits per heavy atom. The maximum absolute atomic E-state index is 16.2. The van der Waals surface area contributed by atoms with Gasteiger partial charge in [0, 0.05) is 48.8 Å². The summed E-state index contributed by atoms with van der Waals surface area (Å²) >= 11 is 0. The second-order valence-corrected chi connectivity index (χ2v) is 26.5. The van der Waals surface area contributed by atoms with Crippen LogP contribution in [0.2, 0.25) is 0 Å². The number of para-hydroxylation sites is 3. The van der Waals surface area contributed by atoms with Crippen molar-refractivity contribution < 1.29 is 4.57 Å². The smallest absolute Gasteiger partial charge is 0.179 e. The molecule has 14 aromatic rings. The third-order valence-corrected chi connectivity index (χ3v) is 23.6. The van der Waals surface area contributed by atoms with E-state index in [0.717, 1.165) is 60.6 Å². The summed E-state index contributed by atoms with van der Waals surface area (Å²) < 4.78 is 21.0. The van der Waals surface area contributed by atoms with E-state index < -0.39 is 15.2 Å². The molecule has 1 unspecified atom stereocenters. The molecule has 0 spiro atoms. The molecule has 1 atom stereocenters. The van der Waals surface area contributed by atoms with Crippen LogP contribution >= 0.6 is 7.14 Å². The number of fused-ring (bicyclic) bond motifs is 6. The highest BCUT2D eigenvalue weighted by atomic mass is 31.2. The van der Waals surface area contributed by atoms with Gasteiger partial charge < -0.3 is 13.7 Å². The van der Waals surface area contributed by atoms with E-state index in [1.54, 1.807) is 0 Å². The van der Waals surface area contributed by atoms with Gasteiger partial charge in [0.05, 0.1) is 22.1 Å². The van der Waals surface area contributed by atoms with Gasteiger partial charge >= 0.3 is 0 Å². The normalized spacial score (nSPS) is 12.6.